The summed E-state index contributed by atoms with van der Waals surface area (Å²) in [7, 11) is 1.76. The van der Waals surface area contributed by atoms with Crippen molar-refractivity contribution in [2.75, 3.05) is 13.7 Å². The number of rotatable bonds is 7. The van der Waals surface area contributed by atoms with Crippen LogP contribution in [0.5, 0.6) is 5.75 Å². The first-order valence-electron chi connectivity index (χ1n) is 7.77. The van der Waals surface area contributed by atoms with Crippen molar-refractivity contribution < 1.29 is 4.74 Å². The minimum absolute atomic E-state index is 0.518. The summed E-state index contributed by atoms with van der Waals surface area (Å²) in [5, 5.41) is 0. The highest BCUT2D eigenvalue weighted by atomic mass is 16.5. The summed E-state index contributed by atoms with van der Waals surface area (Å²) in [6.07, 6.45) is 1.16. The smallest absolute Gasteiger partial charge is 0.122 e. The van der Waals surface area contributed by atoms with E-state index >= 15 is 0 Å². The van der Waals surface area contributed by atoms with Crippen molar-refractivity contribution in [3.8, 4) is 5.75 Å². The van der Waals surface area contributed by atoms with Gasteiger partial charge in [-0.3, -0.25) is 4.90 Å². The Hall–Kier alpha value is -1.02. The molecule has 20 heavy (non-hydrogen) atoms. The van der Waals surface area contributed by atoms with Crippen molar-refractivity contribution in [1.29, 1.82) is 0 Å². The third-order valence-electron chi connectivity index (χ3n) is 4.06. The molecule has 0 saturated heterocycles. The van der Waals surface area contributed by atoms with Crippen LogP contribution in [0, 0.1) is 6.92 Å². The van der Waals surface area contributed by atoms with Gasteiger partial charge < -0.3 is 4.74 Å². The normalized spacial score (nSPS) is 13.3. The van der Waals surface area contributed by atoms with Gasteiger partial charge in [0.05, 0.1) is 7.11 Å². The van der Waals surface area contributed by atoms with E-state index in [0.717, 1.165) is 18.7 Å². The third-order valence-corrected chi connectivity index (χ3v) is 4.06. The molecule has 0 aliphatic rings. The number of nitrogens with zero attached hydrogens (tertiary/aromatic N) is 1. The molecule has 0 radical (unpaired) electrons. The minimum Gasteiger partial charge on any atom is -0.496 e. The summed E-state index contributed by atoms with van der Waals surface area (Å²) in [6.45, 7) is 14.7. The molecule has 0 bridgehead atoms. The molecule has 0 spiro atoms. The molecule has 1 aromatic rings. The van der Waals surface area contributed by atoms with E-state index in [1.54, 1.807) is 7.11 Å². The average Bonchev–Trinajstić information content (AvgIpc) is 2.37. The van der Waals surface area contributed by atoms with Gasteiger partial charge in [0.1, 0.15) is 5.75 Å². The fourth-order valence-electron chi connectivity index (χ4n) is 2.85. The van der Waals surface area contributed by atoms with Gasteiger partial charge in [0, 0.05) is 12.1 Å². The first-order valence-corrected chi connectivity index (χ1v) is 7.77. The van der Waals surface area contributed by atoms with Gasteiger partial charge >= 0.3 is 0 Å². The molecule has 0 aromatic heterocycles. The number of hydrogen-bond acceptors (Lipinski definition) is 2. The van der Waals surface area contributed by atoms with E-state index in [2.05, 4.69) is 64.6 Å². The number of hydrogen-bond donors (Lipinski definition) is 0. The van der Waals surface area contributed by atoms with Crippen LogP contribution in [0.25, 0.3) is 0 Å². The molecule has 0 saturated carbocycles. The van der Waals surface area contributed by atoms with Crippen molar-refractivity contribution in [2.24, 2.45) is 0 Å². The van der Waals surface area contributed by atoms with E-state index in [1.165, 1.54) is 11.1 Å². The zero-order valence-electron chi connectivity index (χ0n) is 14.2. The average molecular weight is 277 g/mol. The van der Waals surface area contributed by atoms with Gasteiger partial charge in [0.25, 0.3) is 0 Å². The molecule has 2 nitrogen and oxygen atoms in total. The minimum atomic E-state index is 0.518. The lowest BCUT2D eigenvalue weighted by Gasteiger charge is -2.31. The molecule has 0 aliphatic carbocycles. The highest BCUT2D eigenvalue weighted by Gasteiger charge is 2.17. The lowest BCUT2D eigenvalue weighted by molar-refractivity contribution is 0.169. The van der Waals surface area contributed by atoms with Crippen molar-refractivity contribution in [3.63, 3.8) is 0 Å². The topological polar surface area (TPSA) is 12.5 Å². The fraction of sp³-hybridized carbons (Fsp3) is 0.667. The van der Waals surface area contributed by atoms with Crippen LogP contribution >= 0.6 is 0 Å². The quantitative estimate of drug-likeness (QED) is 0.721. The van der Waals surface area contributed by atoms with E-state index < -0.39 is 0 Å². The Kier molecular flexibility index (Phi) is 6.54. The lowest BCUT2D eigenvalue weighted by Crippen LogP contribution is -2.38. The predicted molar refractivity (Wildman–Crippen MR) is 87.7 cm³/mol. The van der Waals surface area contributed by atoms with E-state index in [0.29, 0.717) is 18.0 Å². The first kappa shape index (κ1) is 17.0. The maximum Gasteiger partial charge on any atom is 0.122 e. The number of aryl methyl sites for hydroxylation is 1. The lowest BCUT2D eigenvalue weighted by atomic mass is 9.94. The Morgan fingerprint density at radius 1 is 1.05 bits per heavy atom. The summed E-state index contributed by atoms with van der Waals surface area (Å²) in [5.74, 6) is 1.54. The van der Waals surface area contributed by atoms with Crippen LogP contribution in [-0.4, -0.2) is 30.6 Å². The molecule has 0 amide bonds. The molecule has 1 atom stereocenters. The van der Waals surface area contributed by atoms with Gasteiger partial charge in [0.15, 0.2) is 0 Å². The second-order valence-corrected chi connectivity index (χ2v) is 6.36. The molecule has 114 valence electrons. The maximum atomic E-state index is 5.51. The van der Waals surface area contributed by atoms with E-state index in [9.17, 15) is 0 Å². The van der Waals surface area contributed by atoms with Crippen molar-refractivity contribution >= 4 is 0 Å². The maximum absolute atomic E-state index is 5.51. The molecular weight excluding hydrogens is 246 g/mol. The largest absolute Gasteiger partial charge is 0.496 e. The predicted octanol–water partition coefficient (Wildman–Crippen LogP) is 4.62. The summed E-state index contributed by atoms with van der Waals surface area (Å²) in [5.41, 5.74) is 2.64. The summed E-state index contributed by atoms with van der Waals surface area (Å²) < 4.78 is 5.51. The van der Waals surface area contributed by atoms with Crippen LogP contribution in [0.15, 0.2) is 18.2 Å². The van der Waals surface area contributed by atoms with Gasteiger partial charge in [-0.1, -0.05) is 24.6 Å². The molecule has 1 aromatic carbocycles. The second-order valence-electron chi connectivity index (χ2n) is 6.36. The Balaban J connectivity index is 2.76. The van der Waals surface area contributed by atoms with E-state index in [4.69, 9.17) is 4.74 Å². The Bertz CT molecular complexity index is 404. The second kappa shape index (κ2) is 7.68. The van der Waals surface area contributed by atoms with Crippen LogP contribution in [0.3, 0.4) is 0 Å². The van der Waals surface area contributed by atoms with Gasteiger partial charge in [0.2, 0.25) is 0 Å². The SMILES string of the molecule is COc1ccc(C)cc1C(C)CCN(C(C)C)C(C)C. The van der Waals surface area contributed by atoms with Crippen molar-refractivity contribution in [3.05, 3.63) is 29.3 Å². The van der Waals surface area contributed by atoms with Crippen LogP contribution < -0.4 is 4.74 Å². The molecule has 0 heterocycles. The summed E-state index contributed by atoms with van der Waals surface area (Å²) >= 11 is 0. The van der Waals surface area contributed by atoms with Crippen molar-refractivity contribution in [2.45, 2.75) is 66.0 Å². The summed E-state index contributed by atoms with van der Waals surface area (Å²) in [6, 6.07) is 7.66. The Morgan fingerprint density at radius 3 is 2.15 bits per heavy atom. The first-order chi connectivity index (χ1) is 9.36. The monoisotopic (exact) mass is 277 g/mol. The molecule has 2 heteroatoms. The van der Waals surface area contributed by atoms with Crippen molar-refractivity contribution in [1.82, 2.24) is 4.90 Å². The molecule has 0 aliphatic heterocycles. The highest BCUT2D eigenvalue weighted by Crippen LogP contribution is 2.30. The zero-order valence-corrected chi connectivity index (χ0v) is 14.2. The Morgan fingerprint density at radius 2 is 1.65 bits per heavy atom. The van der Waals surface area contributed by atoms with Gasteiger partial charge in [-0.25, -0.2) is 0 Å². The number of methoxy groups -OCH3 is 1. The molecule has 0 N–H and O–H groups in total. The van der Waals surface area contributed by atoms with E-state index in [-0.39, 0.29) is 0 Å². The molecule has 1 rings (SSSR count). The van der Waals surface area contributed by atoms with Crippen LogP contribution in [0.2, 0.25) is 0 Å². The Labute approximate surface area is 125 Å². The van der Waals surface area contributed by atoms with Crippen LogP contribution in [-0.2, 0) is 0 Å². The molecule has 1 unspecified atom stereocenters. The number of benzene rings is 1. The zero-order chi connectivity index (χ0) is 15.3. The van der Waals surface area contributed by atoms with Crippen LogP contribution in [0.1, 0.15) is 58.1 Å². The van der Waals surface area contributed by atoms with Gasteiger partial charge in [-0.2, -0.15) is 0 Å². The standard InChI is InChI=1S/C18H31NO/c1-13(2)19(14(3)4)11-10-16(6)17-12-15(5)8-9-18(17)20-7/h8-9,12-14,16H,10-11H2,1-7H3. The molecular formula is C18H31NO. The highest BCUT2D eigenvalue weighted by molar-refractivity contribution is 5.39. The van der Waals surface area contributed by atoms with E-state index in [1.807, 2.05) is 0 Å². The van der Waals surface area contributed by atoms with Gasteiger partial charge in [-0.05, 0) is 65.1 Å². The third kappa shape index (κ3) is 4.52. The van der Waals surface area contributed by atoms with Crippen LogP contribution in [0.4, 0.5) is 0 Å². The molecule has 0 fully saturated rings. The fourth-order valence-corrected chi connectivity index (χ4v) is 2.85. The van der Waals surface area contributed by atoms with Gasteiger partial charge in [-0.15, -0.1) is 0 Å². The number of ether oxygens (including phenoxy) is 1. The summed E-state index contributed by atoms with van der Waals surface area (Å²) in [4.78, 5) is 2.55.